The van der Waals surface area contributed by atoms with Crippen molar-refractivity contribution >= 4 is 12.4 Å². The Labute approximate surface area is 112 Å². The molecule has 0 aromatic heterocycles. The molecule has 1 aromatic carbocycles. The number of alkyl halides is 5. The summed E-state index contributed by atoms with van der Waals surface area (Å²) in [6.45, 7) is 0.393. The van der Waals surface area contributed by atoms with E-state index in [1.54, 1.807) is 0 Å². The molecule has 0 aliphatic carbocycles. The largest absolute Gasteiger partial charge is 0.493 e. The van der Waals surface area contributed by atoms with Gasteiger partial charge in [-0.1, -0.05) is 12.1 Å². The van der Waals surface area contributed by atoms with Crippen LogP contribution in [0, 0.1) is 0 Å². The summed E-state index contributed by atoms with van der Waals surface area (Å²) in [7, 11) is 0. The fourth-order valence-electron chi connectivity index (χ4n) is 1.79. The van der Waals surface area contributed by atoms with Crippen LogP contribution in [0.5, 0.6) is 5.75 Å². The van der Waals surface area contributed by atoms with Crippen LogP contribution < -0.4 is 10.5 Å². The lowest BCUT2D eigenvalue weighted by atomic mass is 9.98. The first-order chi connectivity index (χ1) is 8.23. The van der Waals surface area contributed by atoms with Gasteiger partial charge in [-0.05, 0) is 17.2 Å². The number of rotatable bonds is 2. The summed E-state index contributed by atoms with van der Waals surface area (Å²) >= 11 is 0. The van der Waals surface area contributed by atoms with Crippen LogP contribution in [0.15, 0.2) is 18.2 Å². The van der Waals surface area contributed by atoms with E-state index in [0.29, 0.717) is 24.3 Å². The lowest BCUT2D eigenvalue weighted by molar-refractivity contribution is -0.291. The topological polar surface area (TPSA) is 35.2 Å². The Morgan fingerprint density at radius 3 is 2.37 bits per heavy atom. The molecule has 0 bridgehead atoms. The second-order valence-electron chi connectivity index (χ2n) is 4.06. The molecular weight excluding hydrogens is 293 g/mol. The summed E-state index contributed by atoms with van der Waals surface area (Å²) in [6.07, 6.45) is -5.19. The standard InChI is InChI=1S/C11H10F5NO.ClH/c12-10(13,11(14,15)16)9(17)7-1-2-8-6(5-7)3-4-18-8;/h1-2,5,9H,3-4,17H2;1H/t9-;/m0./s1. The Balaban J connectivity index is 0.00000180. The number of benzene rings is 1. The zero-order valence-electron chi connectivity index (χ0n) is 9.51. The highest BCUT2D eigenvalue weighted by atomic mass is 35.5. The predicted molar refractivity (Wildman–Crippen MR) is 60.8 cm³/mol. The first kappa shape index (κ1) is 16.0. The summed E-state index contributed by atoms with van der Waals surface area (Å²) < 4.78 is 67.9. The molecule has 8 heteroatoms. The van der Waals surface area contributed by atoms with E-state index in [9.17, 15) is 22.0 Å². The van der Waals surface area contributed by atoms with Gasteiger partial charge in [0.15, 0.2) is 0 Å². The normalized spacial score (nSPS) is 16.3. The minimum Gasteiger partial charge on any atom is -0.493 e. The van der Waals surface area contributed by atoms with Crippen LogP contribution in [0.3, 0.4) is 0 Å². The summed E-state index contributed by atoms with van der Waals surface area (Å²) in [5.74, 6) is -4.46. The van der Waals surface area contributed by atoms with Gasteiger partial charge < -0.3 is 10.5 Å². The zero-order valence-corrected chi connectivity index (χ0v) is 10.3. The minimum absolute atomic E-state index is 0. The van der Waals surface area contributed by atoms with Gasteiger partial charge in [0.05, 0.1) is 6.61 Å². The molecule has 108 valence electrons. The third-order valence-electron chi connectivity index (χ3n) is 2.84. The number of fused-ring (bicyclic) bond motifs is 1. The highest BCUT2D eigenvalue weighted by Crippen LogP contribution is 2.44. The third-order valence-corrected chi connectivity index (χ3v) is 2.84. The van der Waals surface area contributed by atoms with Crippen molar-refractivity contribution in [1.82, 2.24) is 0 Å². The van der Waals surface area contributed by atoms with Crippen LogP contribution in [-0.4, -0.2) is 18.7 Å². The summed E-state index contributed by atoms with van der Waals surface area (Å²) in [6, 6.07) is 1.33. The van der Waals surface area contributed by atoms with Crippen molar-refractivity contribution in [2.24, 2.45) is 5.73 Å². The Morgan fingerprint density at radius 1 is 1.16 bits per heavy atom. The number of ether oxygens (including phenoxy) is 1. The maximum atomic E-state index is 13.1. The van der Waals surface area contributed by atoms with Crippen LogP contribution in [0.2, 0.25) is 0 Å². The van der Waals surface area contributed by atoms with Crippen LogP contribution in [0.1, 0.15) is 17.2 Å². The van der Waals surface area contributed by atoms with Crippen LogP contribution in [0.25, 0.3) is 0 Å². The predicted octanol–water partition coefficient (Wildman–Crippen LogP) is 3.24. The van der Waals surface area contributed by atoms with Crippen molar-refractivity contribution in [2.45, 2.75) is 24.6 Å². The number of halogens is 6. The molecule has 0 unspecified atom stereocenters. The first-order valence-corrected chi connectivity index (χ1v) is 5.19. The van der Waals surface area contributed by atoms with Gasteiger partial charge in [-0.3, -0.25) is 0 Å². The van der Waals surface area contributed by atoms with Crippen molar-refractivity contribution in [3.05, 3.63) is 29.3 Å². The number of hydrogen-bond acceptors (Lipinski definition) is 2. The molecule has 1 aromatic rings. The summed E-state index contributed by atoms with van der Waals surface area (Å²) in [5.41, 5.74) is 5.39. The average molecular weight is 304 g/mol. The highest BCUT2D eigenvalue weighted by molar-refractivity contribution is 5.85. The van der Waals surface area contributed by atoms with Gasteiger partial charge in [-0.2, -0.15) is 22.0 Å². The molecular formula is C11H11ClF5NO. The van der Waals surface area contributed by atoms with E-state index in [0.717, 1.165) is 6.07 Å². The van der Waals surface area contributed by atoms with Crippen molar-refractivity contribution in [1.29, 1.82) is 0 Å². The Morgan fingerprint density at radius 2 is 1.79 bits per heavy atom. The monoisotopic (exact) mass is 303 g/mol. The van der Waals surface area contributed by atoms with Crippen molar-refractivity contribution in [3.63, 3.8) is 0 Å². The van der Waals surface area contributed by atoms with Gasteiger partial charge in [0.1, 0.15) is 11.8 Å². The fraction of sp³-hybridized carbons (Fsp3) is 0.455. The third kappa shape index (κ3) is 2.76. The maximum Gasteiger partial charge on any atom is 0.455 e. The molecule has 1 atom stereocenters. The Bertz CT molecular complexity index is 463. The van der Waals surface area contributed by atoms with E-state index in [2.05, 4.69) is 0 Å². The average Bonchev–Trinajstić information content (AvgIpc) is 2.73. The van der Waals surface area contributed by atoms with Gasteiger partial charge >= 0.3 is 12.1 Å². The first-order valence-electron chi connectivity index (χ1n) is 5.19. The summed E-state index contributed by atoms with van der Waals surface area (Å²) in [4.78, 5) is 0. The maximum absolute atomic E-state index is 13.1. The highest BCUT2D eigenvalue weighted by Gasteiger charge is 2.61. The SMILES string of the molecule is Cl.N[C@@H](c1ccc2c(c1)CCO2)C(F)(F)C(F)(F)F. The van der Waals surface area contributed by atoms with Gasteiger partial charge in [0.25, 0.3) is 0 Å². The molecule has 2 rings (SSSR count). The molecule has 0 amide bonds. The quantitative estimate of drug-likeness (QED) is 0.851. The Hall–Kier alpha value is -1.08. The molecule has 2 nitrogen and oxygen atoms in total. The van der Waals surface area contributed by atoms with E-state index < -0.39 is 18.1 Å². The van der Waals surface area contributed by atoms with E-state index in [-0.39, 0.29) is 18.0 Å². The van der Waals surface area contributed by atoms with E-state index >= 15 is 0 Å². The van der Waals surface area contributed by atoms with Gasteiger partial charge in [-0.25, -0.2) is 0 Å². The molecule has 1 aliphatic rings. The van der Waals surface area contributed by atoms with E-state index in [1.165, 1.54) is 12.1 Å². The lowest BCUT2D eigenvalue weighted by Gasteiger charge is -2.26. The molecule has 1 heterocycles. The van der Waals surface area contributed by atoms with E-state index in [4.69, 9.17) is 10.5 Å². The molecule has 0 fully saturated rings. The lowest BCUT2D eigenvalue weighted by Crippen LogP contribution is -2.45. The molecule has 0 saturated heterocycles. The number of nitrogens with two attached hydrogens (primary N) is 1. The Kier molecular flexibility index (Phi) is 4.31. The van der Waals surface area contributed by atoms with Crippen molar-refractivity contribution in [3.8, 4) is 5.75 Å². The molecule has 2 N–H and O–H groups in total. The molecule has 19 heavy (non-hydrogen) atoms. The van der Waals surface area contributed by atoms with Gasteiger partial charge in [-0.15, -0.1) is 12.4 Å². The zero-order chi connectivity index (χ0) is 13.6. The van der Waals surface area contributed by atoms with Crippen LogP contribution in [0.4, 0.5) is 22.0 Å². The van der Waals surface area contributed by atoms with Gasteiger partial charge in [0.2, 0.25) is 0 Å². The van der Waals surface area contributed by atoms with Crippen molar-refractivity contribution < 1.29 is 26.7 Å². The minimum atomic E-state index is -5.66. The second kappa shape index (κ2) is 5.13. The van der Waals surface area contributed by atoms with E-state index in [1.807, 2.05) is 0 Å². The fourth-order valence-corrected chi connectivity index (χ4v) is 1.79. The smallest absolute Gasteiger partial charge is 0.455 e. The molecule has 0 spiro atoms. The van der Waals surface area contributed by atoms with Gasteiger partial charge in [0, 0.05) is 6.42 Å². The molecule has 0 radical (unpaired) electrons. The summed E-state index contributed by atoms with van der Waals surface area (Å²) in [5, 5.41) is 0. The molecule has 1 aliphatic heterocycles. The van der Waals surface area contributed by atoms with Crippen LogP contribution >= 0.6 is 12.4 Å². The van der Waals surface area contributed by atoms with Crippen molar-refractivity contribution in [2.75, 3.05) is 6.61 Å². The molecule has 0 saturated carbocycles. The van der Waals surface area contributed by atoms with Crippen LogP contribution in [-0.2, 0) is 6.42 Å². The number of hydrogen-bond donors (Lipinski definition) is 1. The second-order valence-corrected chi connectivity index (χ2v) is 4.06.